The number of benzene rings is 2. The van der Waals surface area contributed by atoms with E-state index in [0.29, 0.717) is 48.2 Å². The Kier molecular flexibility index (Phi) is 6.84. The molecule has 3 N–H and O–H groups in total. The van der Waals surface area contributed by atoms with Crippen molar-refractivity contribution >= 4 is 33.3 Å². The molecule has 11 nitrogen and oxygen atoms in total. The fourth-order valence-corrected chi connectivity index (χ4v) is 5.88. The average Bonchev–Trinajstić information content (AvgIpc) is 3.58. The van der Waals surface area contributed by atoms with Crippen LogP contribution in [-0.2, 0) is 14.8 Å². The molecule has 0 saturated carbocycles. The molecular formula is C24H22N4O7S2. The van der Waals surface area contributed by atoms with Gasteiger partial charge < -0.3 is 24.5 Å². The minimum Gasteiger partial charge on any atom is -0.504 e. The molecule has 5 rings (SSSR count). The predicted octanol–water partition coefficient (Wildman–Crippen LogP) is 3.06. The first kappa shape index (κ1) is 24.8. The van der Waals surface area contributed by atoms with Crippen molar-refractivity contribution in [3.05, 3.63) is 70.5 Å². The fraction of sp³-hybridized carbons (Fsp3) is 0.167. The van der Waals surface area contributed by atoms with Crippen LogP contribution in [0.15, 0.2) is 79.6 Å². The van der Waals surface area contributed by atoms with Gasteiger partial charge in [0.15, 0.2) is 17.3 Å². The molecule has 1 saturated heterocycles. The van der Waals surface area contributed by atoms with E-state index in [1.54, 1.807) is 29.6 Å². The van der Waals surface area contributed by atoms with Crippen LogP contribution in [0.3, 0.4) is 0 Å². The molecule has 2 aromatic carbocycles. The standard InChI is InChI=1S/C24H22N4O7S2/c29-20-8-3-16(22(30)23(20)31)14-25-28-19(21-2-1-11-35-21)15-36-24(28)26-17-4-6-18(7-5-17)37(32,33)27-9-12-34-13-10-27/h1-8,11,14-15,29-31H,9-10,12-13H2. The van der Waals surface area contributed by atoms with Crippen molar-refractivity contribution in [2.45, 2.75) is 4.90 Å². The molecule has 0 spiro atoms. The summed E-state index contributed by atoms with van der Waals surface area (Å²) in [5.74, 6) is -1.10. The molecule has 1 aliphatic rings. The zero-order valence-electron chi connectivity index (χ0n) is 19.3. The third kappa shape index (κ3) is 5.02. The number of morpholine rings is 1. The van der Waals surface area contributed by atoms with Gasteiger partial charge in [0.05, 0.1) is 36.3 Å². The van der Waals surface area contributed by atoms with Gasteiger partial charge in [0.2, 0.25) is 20.6 Å². The second kappa shape index (κ2) is 10.2. The number of hydrogen-bond acceptors (Lipinski definition) is 10. The summed E-state index contributed by atoms with van der Waals surface area (Å²) in [4.78, 5) is 5.23. The Morgan fingerprint density at radius 3 is 2.43 bits per heavy atom. The van der Waals surface area contributed by atoms with E-state index in [1.807, 2.05) is 0 Å². The van der Waals surface area contributed by atoms with Crippen molar-refractivity contribution in [1.29, 1.82) is 0 Å². The third-order valence-electron chi connectivity index (χ3n) is 5.60. The molecular weight excluding hydrogens is 520 g/mol. The summed E-state index contributed by atoms with van der Waals surface area (Å²) in [5.41, 5.74) is 1.25. The van der Waals surface area contributed by atoms with E-state index in [2.05, 4.69) is 10.1 Å². The van der Waals surface area contributed by atoms with E-state index in [4.69, 9.17) is 9.15 Å². The molecule has 3 heterocycles. The number of rotatable bonds is 6. The van der Waals surface area contributed by atoms with Gasteiger partial charge in [-0.3, -0.25) is 0 Å². The molecule has 0 unspecified atom stereocenters. The van der Waals surface area contributed by atoms with Gasteiger partial charge in [0, 0.05) is 24.0 Å². The van der Waals surface area contributed by atoms with E-state index in [0.717, 1.165) is 0 Å². The van der Waals surface area contributed by atoms with E-state index < -0.39 is 27.3 Å². The van der Waals surface area contributed by atoms with Crippen molar-refractivity contribution in [1.82, 2.24) is 8.98 Å². The number of furan rings is 1. The summed E-state index contributed by atoms with van der Waals surface area (Å²) >= 11 is 1.28. The maximum absolute atomic E-state index is 12.9. The van der Waals surface area contributed by atoms with Gasteiger partial charge in [-0.15, -0.1) is 11.3 Å². The van der Waals surface area contributed by atoms with Crippen molar-refractivity contribution in [2.75, 3.05) is 26.3 Å². The number of aromatic hydroxyl groups is 3. The molecule has 0 radical (unpaired) electrons. The predicted molar refractivity (Wildman–Crippen MR) is 136 cm³/mol. The molecule has 0 bridgehead atoms. The number of phenols is 3. The first-order chi connectivity index (χ1) is 17.8. The molecule has 37 heavy (non-hydrogen) atoms. The number of sulfonamides is 1. The summed E-state index contributed by atoms with van der Waals surface area (Å²) in [6.07, 6.45) is 2.83. The lowest BCUT2D eigenvalue weighted by atomic mass is 10.2. The molecule has 0 aliphatic carbocycles. The first-order valence-corrected chi connectivity index (χ1v) is 13.4. The SMILES string of the molecule is O=S(=O)(c1ccc(N=c2scc(-c3ccco3)n2N=Cc2ccc(O)c(O)c2O)cc1)N1CCOCC1. The Hall–Kier alpha value is -3.91. The van der Waals surface area contributed by atoms with Gasteiger partial charge in [0.25, 0.3) is 0 Å². The van der Waals surface area contributed by atoms with Crippen LogP contribution >= 0.6 is 11.3 Å². The molecule has 13 heteroatoms. The van der Waals surface area contributed by atoms with Crippen LogP contribution in [0.25, 0.3) is 11.5 Å². The Morgan fingerprint density at radius 1 is 0.973 bits per heavy atom. The number of phenolic OH excluding ortho intramolecular Hbond substituents is 3. The number of thiazole rings is 1. The lowest BCUT2D eigenvalue weighted by Gasteiger charge is -2.26. The number of aromatic nitrogens is 1. The Labute approximate surface area is 215 Å². The van der Waals surface area contributed by atoms with Gasteiger partial charge in [-0.1, -0.05) is 0 Å². The normalized spacial score (nSPS) is 15.5. The maximum Gasteiger partial charge on any atom is 0.243 e. The average molecular weight is 543 g/mol. The molecule has 0 atom stereocenters. The van der Waals surface area contributed by atoms with Gasteiger partial charge in [0.1, 0.15) is 5.69 Å². The van der Waals surface area contributed by atoms with Crippen LogP contribution < -0.4 is 4.80 Å². The lowest BCUT2D eigenvalue weighted by molar-refractivity contribution is 0.0730. The van der Waals surface area contributed by atoms with Crippen LogP contribution in [0.2, 0.25) is 0 Å². The second-order valence-electron chi connectivity index (χ2n) is 7.93. The largest absolute Gasteiger partial charge is 0.504 e. The number of hydrogen-bond donors (Lipinski definition) is 3. The van der Waals surface area contributed by atoms with E-state index in [1.165, 1.54) is 57.1 Å². The minimum atomic E-state index is -3.62. The van der Waals surface area contributed by atoms with E-state index in [-0.39, 0.29) is 10.5 Å². The first-order valence-electron chi connectivity index (χ1n) is 11.1. The lowest BCUT2D eigenvalue weighted by Crippen LogP contribution is -2.40. The summed E-state index contributed by atoms with van der Waals surface area (Å²) in [6, 6.07) is 12.4. The Balaban J connectivity index is 1.51. The minimum absolute atomic E-state index is 0.169. The van der Waals surface area contributed by atoms with Crippen LogP contribution in [0.1, 0.15) is 5.56 Å². The maximum atomic E-state index is 12.9. The van der Waals surface area contributed by atoms with E-state index >= 15 is 0 Å². The summed E-state index contributed by atoms with van der Waals surface area (Å²) in [5, 5.41) is 35.7. The summed E-state index contributed by atoms with van der Waals surface area (Å²) in [6.45, 7) is 1.35. The molecule has 1 aliphatic heterocycles. The van der Waals surface area contributed by atoms with E-state index in [9.17, 15) is 23.7 Å². The highest BCUT2D eigenvalue weighted by atomic mass is 32.2. The zero-order chi connectivity index (χ0) is 26.0. The summed E-state index contributed by atoms with van der Waals surface area (Å²) in [7, 11) is -3.62. The van der Waals surface area contributed by atoms with Crippen molar-refractivity contribution in [3.8, 4) is 28.7 Å². The third-order valence-corrected chi connectivity index (χ3v) is 8.33. The topological polar surface area (TPSA) is 150 Å². The zero-order valence-corrected chi connectivity index (χ0v) is 20.9. The Bertz CT molecular complexity index is 1600. The molecule has 4 aromatic rings. The van der Waals surface area contributed by atoms with Crippen LogP contribution in [0.4, 0.5) is 5.69 Å². The van der Waals surface area contributed by atoms with Gasteiger partial charge in [-0.05, 0) is 48.5 Å². The molecule has 2 aromatic heterocycles. The van der Waals surface area contributed by atoms with Crippen LogP contribution in [-0.4, -0.2) is 65.2 Å². The van der Waals surface area contributed by atoms with Gasteiger partial charge >= 0.3 is 0 Å². The van der Waals surface area contributed by atoms with Gasteiger partial charge in [-0.25, -0.2) is 18.1 Å². The highest BCUT2D eigenvalue weighted by molar-refractivity contribution is 7.89. The van der Waals surface area contributed by atoms with Crippen LogP contribution in [0, 0.1) is 0 Å². The number of ether oxygens (including phenoxy) is 1. The molecule has 0 amide bonds. The van der Waals surface area contributed by atoms with Crippen LogP contribution in [0.5, 0.6) is 17.2 Å². The highest BCUT2D eigenvalue weighted by Crippen LogP contribution is 2.36. The molecule has 192 valence electrons. The smallest absolute Gasteiger partial charge is 0.243 e. The quantitative estimate of drug-likeness (QED) is 0.250. The second-order valence-corrected chi connectivity index (χ2v) is 10.7. The fourth-order valence-electron chi connectivity index (χ4n) is 3.63. The van der Waals surface area contributed by atoms with Crippen molar-refractivity contribution < 1.29 is 32.9 Å². The summed E-state index contributed by atoms with van der Waals surface area (Å²) < 4.78 is 39.4. The van der Waals surface area contributed by atoms with Crippen molar-refractivity contribution in [3.63, 3.8) is 0 Å². The van der Waals surface area contributed by atoms with Gasteiger partial charge in [-0.2, -0.15) is 9.41 Å². The van der Waals surface area contributed by atoms with Crippen molar-refractivity contribution in [2.24, 2.45) is 10.1 Å². The monoisotopic (exact) mass is 542 g/mol. The highest BCUT2D eigenvalue weighted by Gasteiger charge is 2.26. The number of nitrogens with zero attached hydrogens (tertiary/aromatic N) is 4. The Morgan fingerprint density at radius 2 is 1.73 bits per heavy atom. The molecule has 1 fully saturated rings.